The average molecular weight is 481 g/mol. The van der Waals surface area contributed by atoms with Crippen LogP contribution in [0.5, 0.6) is 0 Å². The maximum absolute atomic E-state index is 13.0. The smallest absolute Gasteiger partial charge is 0.270 e. The molecule has 2 aromatic carbocycles. The van der Waals surface area contributed by atoms with E-state index in [1.165, 1.54) is 17.7 Å². The quantitative estimate of drug-likeness (QED) is 0.310. The summed E-state index contributed by atoms with van der Waals surface area (Å²) in [6.07, 6.45) is 1.77. The summed E-state index contributed by atoms with van der Waals surface area (Å²) in [5, 5.41) is 10.9. The van der Waals surface area contributed by atoms with Crippen molar-refractivity contribution >= 4 is 34.2 Å². The minimum Gasteiger partial charge on any atom is -0.337 e. The van der Waals surface area contributed by atoms with Crippen LogP contribution < -0.4 is 0 Å². The van der Waals surface area contributed by atoms with E-state index in [0.29, 0.717) is 22.2 Å². The molecule has 0 heterocycles. The molecule has 0 saturated heterocycles. The van der Waals surface area contributed by atoms with Crippen LogP contribution in [0.15, 0.2) is 48.5 Å². The third-order valence-electron chi connectivity index (χ3n) is 4.23. The van der Waals surface area contributed by atoms with E-state index in [-0.39, 0.29) is 11.6 Å². The molecule has 144 valence electrons. The summed E-state index contributed by atoms with van der Waals surface area (Å²) in [5.41, 5.74) is 1.77. The summed E-state index contributed by atoms with van der Waals surface area (Å²) in [4.78, 5) is 27.4. The molecule has 0 radical (unpaired) electrons. The summed E-state index contributed by atoms with van der Waals surface area (Å²) in [7, 11) is 3.95. The lowest BCUT2D eigenvalue weighted by Crippen LogP contribution is -2.38. The number of benzene rings is 2. The Morgan fingerprint density at radius 3 is 2.37 bits per heavy atom. The Bertz CT molecular complexity index is 781. The van der Waals surface area contributed by atoms with E-state index in [4.69, 9.17) is 0 Å². The summed E-state index contributed by atoms with van der Waals surface area (Å²) in [6, 6.07) is 14.6. The molecule has 0 aliphatic carbocycles. The van der Waals surface area contributed by atoms with Gasteiger partial charge in [0, 0.05) is 35.3 Å². The summed E-state index contributed by atoms with van der Waals surface area (Å²) in [5.74, 6) is -0.0794. The van der Waals surface area contributed by atoms with Crippen LogP contribution in [0, 0.1) is 13.7 Å². The molecular formula is C20H24IN3O3. The Kier molecular flexibility index (Phi) is 8.18. The normalized spacial score (nSPS) is 10.8. The zero-order chi connectivity index (χ0) is 19.8. The molecule has 27 heavy (non-hydrogen) atoms. The fourth-order valence-electron chi connectivity index (χ4n) is 2.72. The van der Waals surface area contributed by atoms with Crippen LogP contribution in [0.4, 0.5) is 5.69 Å². The van der Waals surface area contributed by atoms with Crippen molar-refractivity contribution in [2.75, 3.05) is 33.7 Å². The number of aryl methyl sites for hydroxylation is 1. The molecular weight excluding hydrogens is 457 g/mol. The number of nitrogens with zero attached hydrogens (tertiary/aromatic N) is 3. The molecule has 0 atom stereocenters. The van der Waals surface area contributed by atoms with E-state index in [1.54, 1.807) is 6.07 Å². The van der Waals surface area contributed by atoms with E-state index in [1.807, 2.05) is 64.7 Å². The van der Waals surface area contributed by atoms with Gasteiger partial charge >= 0.3 is 0 Å². The minimum atomic E-state index is -0.444. The second-order valence-electron chi connectivity index (χ2n) is 6.61. The standard InChI is InChI=1S/C20H24IN3O3/c1-22(2)13-14-23(12-6-9-16-7-4-3-5-8-16)20(25)18-11-10-17(24(26)27)15-19(18)21/h3-5,7-8,10-11,15H,6,9,12-14H2,1-2H3. The zero-order valence-electron chi connectivity index (χ0n) is 15.6. The van der Waals surface area contributed by atoms with E-state index in [0.717, 1.165) is 19.4 Å². The highest BCUT2D eigenvalue weighted by molar-refractivity contribution is 14.1. The van der Waals surface area contributed by atoms with Crippen LogP contribution in [0.25, 0.3) is 0 Å². The van der Waals surface area contributed by atoms with Crippen molar-refractivity contribution in [1.82, 2.24) is 9.80 Å². The lowest BCUT2D eigenvalue weighted by Gasteiger charge is -2.25. The topological polar surface area (TPSA) is 66.7 Å². The zero-order valence-corrected chi connectivity index (χ0v) is 17.8. The molecule has 0 unspecified atom stereocenters. The van der Waals surface area contributed by atoms with Crippen LogP contribution in [-0.2, 0) is 6.42 Å². The number of non-ortho nitro benzene ring substituents is 1. The lowest BCUT2D eigenvalue weighted by molar-refractivity contribution is -0.384. The Labute approximate surface area is 173 Å². The molecule has 0 bridgehead atoms. The first-order valence-electron chi connectivity index (χ1n) is 8.80. The van der Waals surface area contributed by atoms with Gasteiger partial charge in [-0.15, -0.1) is 0 Å². The van der Waals surface area contributed by atoms with E-state index >= 15 is 0 Å². The lowest BCUT2D eigenvalue weighted by atomic mass is 10.1. The number of nitro benzene ring substituents is 1. The summed E-state index contributed by atoms with van der Waals surface area (Å²) < 4.78 is 0.602. The van der Waals surface area contributed by atoms with Crippen molar-refractivity contribution in [1.29, 1.82) is 0 Å². The van der Waals surface area contributed by atoms with Gasteiger partial charge in [-0.25, -0.2) is 0 Å². The van der Waals surface area contributed by atoms with Crippen LogP contribution in [0.1, 0.15) is 22.3 Å². The number of hydrogen-bond donors (Lipinski definition) is 0. The van der Waals surface area contributed by atoms with Crippen molar-refractivity contribution in [3.63, 3.8) is 0 Å². The number of hydrogen-bond acceptors (Lipinski definition) is 4. The third-order valence-corrected chi connectivity index (χ3v) is 5.13. The number of rotatable bonds is 9. The summed E-state index contributed by atoms with van der Waals surface area (Å²) in [6.45, 7) is 2.03. The first-order chi connectivity index (χ1) is 12.9. The number of likely N-dealkylation sites (N-methyl/N-ethyl adjacent to an activating group) is 1. The van der Waals surface area contributed by atoms with Crippen LogP contribution in [0.2, 0.25) is 0 Å². The van der Waals surface area contributed by atoms with E-state index in [9.17, 15) is 14.9 Å². The molecule has 2 aromatic rings. The second kappa shape index (κ2) is 10.4. The molecule has 1 amide bonds. The molecule has 7 heteroatoms. The Morgan fingerprint density at radius 1 is 1.07 bits per heavy atom. The van der Waals surface area contributed by atoms with Gasteiger partial charge in [-0.3, -0.25) is 14.9 Å². The van der Waals surface area contributed by atoms with Gasteiger partial charge in [-0.2, -0.15) is 0 Å². The highest BCUT2D eigenvalue weighted by Gasteiger charge is 2.20. The van der Waals surface area contributed by atoms with E-state index in [2.05, 4.69) is 12.1 Å². The number of carbonyl (C=O) groups is 1. The minimum absolute atomic E-state index is 0.000121. The molecule has 0 saturated carbocycles. The highest BCUT2D eigenvalue weighted by Crippen LogP contribution is 2.21. The van der Waals surface area contributed by atoms with Gasteiger partial charge in [0.2, 0.25) is 0 Å². The van der Waals surface area contributed by atoms with Gasteiger partial charge < -0.3 is 9.80 Å². The SMILES string of the molecule is CN(C)CCN(CCCc1ccccc1)C(=O)c1ccc([N+](=O)[O-])cc1I. The van der Waals surface area contributed by atoms with Gasteiger partial charge in [0.15, 0.2) is 0 Å². The van der Waals surface area contributed by atoms with Crippen LogP contribution in [0.3, 0.4) is 0 Å². The molecule has 0 aliphatic heterocycles. The molecule has 6 nitrogen and oxygen atoms in total. The molecule has 0 aromatic heterocycles. The molecule has 0 N–H and O–H groups in total. The van der Waals surface area contributed by atoms with Crippen molar-refractivity contribution < 1.29 is 9.72 Å². The molecule has 0 aliphatic rings. The van der Waals surface area contributed by atoms with Crippen LogP contribution in [-0.4, -0.2) is 54.4 Å². The number of halogens is 1. The second-order valence-corrected chi connectivity index (χ2v) is 7.77. The predicted octanol–water partition coefficient (Wildman–Crippen LogP) is 3.84. The maximum atomic E-state index is 13.0. The van der Waals surface area contributed by atoms with Crippen LogP contribution >= 0.6 is 22.6 Å². The fourth-order valence-corrected chi connectivity index (χ4v) is 3.45. The predicted molar refractivity (Wildman–Crippen MR) is 115 cm³/mol. The number of carbonyl (C=O) groups excluding carboxylic acids is 1. The van der Waals surface area contributed by atoms with Crippen molar-refractivity contribution in [3.8, 4) is 0 Å². The van der Waals surface area contributed by atoms with Crippen molar-refractivity contribution in [2.24, 2.45) is 0 Å². The first kappa shape index (κ1) is 21.3. The number of nitro groups is 1. The fraction of sp³-hybridized carbons (Fsp3) is 0.350. The van der Waals surface area contributed by atoms with Gasteiger partial charge in [-0.05, 0) is 61.2 Å². The van der Waals surface area contributed by atoms with Gasteiger partial charge in [-0.1, -0.05) is 30.3 Å². The molecule has 2 rings (SSSR count). The van der Waals surface area contributed by atoms with Gasteiger partial charge in [0.1, 0.15) is 0 Å². The Balaban J connectivity index is 2.09. The average Bonchev–Trinajstić information content (AvgIpc) is 2.64. The molecule has 0 fully saturated rings. The van der Waals surface area contributed by atoms with E-state index < -0.39 is 4.92 Å². The highest BCUT2D eigenvalue weighted by atomic mass is 127. The Morgan fingerprint density at radius 2 is 1.78 bits per heavy atom. The third kappa shape index (κ3) is 6.59. The maximum Gasteiger partial charge on any atom is 0.270 e. The first-order valence-corrected chi connectivity index (χ1v) is 9.88. The molecule has 0 spiro atoms. The number of amides is 1. The Hall–Kier alpha value is -2.00. The van der Waals surface area contributed by atoms with Gasteiger partial charge in [0.25, 0.3) is 11.6 Å². The summed E-state index contributed by atoms with van der Waals surface area (Å²) >= 11 is 1.99. The van der Waals surface area contributed by atoms with Gasteiger partial charge in [0.05, 0.1) is 10.5 Å². The van der Waals surface area contributed by atoms with Crippen molar-refractivity contribution in [3.05, 3.63) is 73.3 Å². The van der Waals surface area contributed by atoms with Crippen molar-refractivity contribution in [2.45, 2.75) is 12.8 Å². The largest absolute Gasteiger partial charge is 0.337 e. The monoisotopic (exact) mass is 481 g/mol.